The number of nitrogens with zero attached hydrogens (tertiary/aromatic N) is 1. The van der Waals surface area contributed by atoms with Gasteiger partial charge in [0.2, 0.25) is 0 Å². The normalized spacial score (nSPS) is 9.72. The Hall–Kier alpha value is -3.12. The van der Waals surface area contributed by atoms with Gasteiger partial charge in [0.15, 0.2) is 0 Å². The van der Waals surface area contributed by atoms with E-state index in [1.165, 1.54) is 25.3 Å². The molecule has 2 rings (SSSR count). The quantitative estimate of drug-likeness (QED) is 0.353. The van der Waals surface area contributed by atoms with Crippen LogP contribution in [0.1, 0.15) is 101 Å². The minimum Gasteiger partial charge on any atom is -0.393 e. The highest BCUT2D eigenvalue weighted by Crippen LogP contribution is 2.28. The van der Waals surface area contributed by atoms with Crippen LogP contribution in [0.4, 0.5) is 4.39 Å². The predicted octanol–water partition coefficient (Wildman–Crippen LogP) is 10.0. The van der Waals surface area contributed by atoms with E-state index in [1.54, 1.807) is 18.2 Å². The highest BCUT2D eigenvalue weighted by atomic mass is 19.1. The number of nitriles is 1. The summed E-state index contributed by atoms with van der Waals surface area (Å²) in [5.74, 6) is -0.133. The van der Waals surface area contributed by atoms with Gasteiger partial charge in [-0.3, -0.25) is 0 Å². The van der Waals surface area contributed by atoms with Crippen LogP contribution < -0.4 is 5.32 Å². The second-order valence-electron chi connectivity index (χ2n) is 8.11. The number of halogens is 1. The molecule has 0 saturated heterocycles. The summed E-state index contributed by atoms with van der Waals surface area (Å²) in [6, 6.07) is 13.0. The molecule has 36 heavy (non-hydrogen) atoms. The Morgan fingerprint density at radius 2 is 1.67 bits per heavy atom. The average molecular weight is 493 g/mol. The van der Waals surface area contributed by atoms with Crippen molar-refractivity contribution in [3.8, 4) is 6.07 Å². The first-order valence-corrected chi connectivity index (χ1v) is 13.3. The van der Waals surface area contributed by atoms with E-state index < -0.39 is 0 Å². The van der Waals surface area contributed by atoms with Crippen molar-refractivity contribution in [1.29, 1.82) is 5.26 Å². The molecule has 0 atom stereocenters. The molecule has 0 radical (unpaired) electrons. The Labute approximate surface area is 221 Å². The van der Waals surface area contributed by atoms with Gasteiger partial charge in [-0.25, -0.2) is 4.39 Å². The maximum Gasteiger partial charge on any atom is 0.123 e. The molecule has 0 bridgehead atoms. The summed E-state index contributed by atoms with van der Waals surface area (Å²) in [5.41, 5.74) is 6.80. The van der Waals surface area contributed by atoms with E-state index in [1.807, 2.05) is 52.2 Å². The van der Waals surface area contributed by atoms with Crippen molar-refractivity contribution in [2.24, 2.45) is 0 Å². The lowest BCUT2D eigenvalue weighted by atomic mass is 9.91. The Balaban J connectivity index is 0. The van der Waals surface area contributed by atoms with Gasteiger partial charge in [0, 0.05) is 18.8 Å². The molecule has 0 unspecified atom stereocenters. The molecule has 2 aromatic rings. The van der Waals surface area contributed by atoms with Crippen LogP contribution in [0, 0.1) is 24.1 Å². The summed E-state index contributed by atoms with van der Waals surface area (Å²) in [6.45, 7) is 22.5. The maximum atomic E-state index is 12.5. The Morgan fingerprint density at radius 1 is 1.03 bits per heavy atom. The lowest BCUT2D eigenvalue weighted by Crippen LogP contribution is -1.99. The second kappa shape index (κ2) is 22.4. The third kappa shape index (κ3) is 13.7. The van der Waals surface area contributed by atoms with Gasteiger partial charge in [0.05, 0.1) is 11.6 Å². The predicted molar refractivity (Wildman–Crippen MR) is 159 cm³/mol. The van der Waals surface area contributed by atoms with Crippen molar-refractivity contribution >= 4 is 11.1 Å². The summed E-state index contributed by atoms with van der Waals surface area (Å²) in [5, 5.41) is 12.3. The first-order chi connectivity index (χ1) is 17.3. The van der Waals surface area contributed by atoms with Gasteiger partial charge in [0.1, 0.15) is 5.82 Å². The van der Waals surface area contributed by atoms with Gasteiger partial charge < -0.3 is 5.32 Å². The van der Waals surface area contributed by atoms with Crippen LogP contribution >= 0.6 is 0 Å². The highest BCUT2D eigenvalue weighted by Gasteiger charge is 2.11. The number of hydrogen-bond donors (Lipinski definition) is 1. The highest BCUT2D eigenvalue weighted by molar-refractivity contribution is 5.80. The molecule has 0 spiro atoms. The summed E-state index contributed by atoms with van der Waals surface area (Å²) < 4.78 is 12.5. The second-order valence-corrected chi connectivity index (χ2v) is 8.11. The molecular formula is C33H49FN2. The number of nitrogens with one attached hydrogen (secondary N) is 1. The number of benzene rings is 2. The Morgan fingerprint density at radius 3 is 2.08 bits per heavy atom. The molecule has 1 N–H and O–H groups in total. The van der Waals surface area contributed by atoms with E-state index in [9.17, 15) is 9.65 Å². The molecule has 0 amide bonds. The summed E-state index contributed by atoms with van der Waals surface area (Å²) in [7, 11) is 1.83. The molecule has 2 nitrogen and oxygen atoms in total. The smallest absolute Gasteiger partial charge is 0.123 e. The van der Waals surface area contributed by atoms with E-state index in [-0.39, 0.29) is 5.82 Å². The van der Waals surface area contributed by atoms with Crippen molar-refractivity contribution in [2.75, 3.05) is 7.05 Å². The zero-order valence-electron chi connectivity index (χ0n) is 24.1. The molecule has 0 aliphatic heterocycles. The number of allylic oxidation sites excluding steroid dienone is 3. The van der Waals surface area contributed by atoms with Gasteiger partial charge in [-0.15, -0.1) is 0 Å². The fourth-order valence-electron chi connectivity index (χ4n) is 3.35. The molecule has 0 aliphatic carbocycles. The lowest BCUT2D eigenvalue weighted by molar-refractivity contribution is 0.625. The monoisotopic (exact) mass is 492 g/mol. The number of rotatable bonds is 9. The van der Waals surface area contributed by atoms with Crippen LogP contribution in [-0.2, 0) is 6.42 Å². The van der Waals surface area contributed by atoms with Crippen LogP contribution in [0.3, 0.4) is 0 Å². The fourth-order valence-corrected chi connectivity index (χ4v) is 3.35. The van der Waals surface area contributed by atoms with Gasteiger partial charge in [0.25, 0.3) is 0 Å². The lowest BCUT2D eigenvalue weighted by Gasteiger charge is -2.13. The van der Waals surface area contributed by atoms with Crippen LogP contribution in [0.2, 0.25) is 0 Å². The number of hydrogen-bond acceptors (Lipinski definition) is 2. The zero-order valence-corrected chi connectivity index (χ0v) is 24.1. The molecule has 2 aromatic carbocycles. The van der Waals surface area contributed by atoms with Crippen LogP contribution in [0.5, 0.6) is 0 Å². The summed E-state index contributed by atoms with van der Waals surface area (Å²) in [6.07, 6.45) is 10.6. The van der Waals surface area contributed by atoms with E-state index in [2.05, 4.69) is 52.2 Å². The largest absolute Gasteiger partial charge is 0.393 e. The number of unbranched alkanes of at least 4 members (excludes halogenated alkanes) is 2. The maximum absolute atomic E-state index is 12.5. The van der Waals surface area contributed by atoms with Crippen LogP contribution in [0.15, 0.2) is 61.8 Å². The molecule has 0 aliphatic rings. The minimum absolute atomic E-state index is 0.133. The van der Waals surface area contributed by atoms with Crippen molar-refractivity contribution in [3.05, 3.63) is 95.5 Å². The van der Waals surface area contributed by atoms with Crippen molar-refractivity contribution in [1.82, 2.24) is 5.32 Å². The average Bonchev–Trinajstić information content (AvgIpc) is 2.89. The Kier molecular flexibility index (Phi) is 21.8. The fraction of sp³-hybridized carbons (Fsp3) is 0.424. The molecule has 198 valence electrons. The third-order valence-electron chi connectivity index (χ3n) is 5.26. The van der Waals surface area contributed by atoms with E-state index in [0.29, 0.717) is 5.56 Å². The first-order valence-electron chi connectivity index (χ1n) is 13.3. The molecule has 0 heterocycles. The SMILES string of the molecule is C=C/C(=C\NC)c1cc(C)c(C(=C)CC)cc1C#N.CC.CCCCC.CCCc1cccc(F)c1. The molecule has 0 saturated carbocycles. The van der Waals surface area contributed by atoms with Crippen molar-refractivity contribution in [2.45, 2.75) is 87.0 Å². The third-order valence-corrected chi connectivity index (χ3v) is 5.26. The first kappa shape index (κ1) is 35.0. The van der Waals surface area contributed by atoms with E-state index in [4.69, 9.17) is 0 Å². The van der Waals surface area contributed by atoms with Gasteiger partial charge in [-0.05, 0) is 71.9 Å². The standard InChI is InChI=1S/C17H20N2.C9H11F.C5H12.C2H6/c1-6-12(3)16-9-15(10-18)17(8-13(16)4)14(7-2)11-19-5;1-2-4-8-5-3-6-9(10)7-8;1-3-5-4-2;1-2/h7-9,11,19H,2-3,6H2,1,4-5H3;3,5-7H,2,4H2,1H3;3-5H2,1-2H3;1-2H3/b14-11+;;;. The van der Waals surface area contributed by atoms with Crippen molar-refractivity contribution in [3.63, 3.8) is 0 Å². The molecule has 3 heteroatoms. The minimum atomic E-state index is -0.133. The van der Waals surface area contributed by atoms with Crippen molar-refractivity contribution < 1.29 is 4.39 Å². The van der Waals surface area contributed by atoms with Crippen LogP contribution in [-0.4, -0.2) is 7.05 Å². The molecule has 0 fully saturated rings. The van der Waals surface area contributed by atoms with E-state index in [0.717, 1.165) is 52.7 Å². The van der Waals surface area contributed by atoms with Gasteiger partial charge in [-0.1, -0.05) is 98.6 Å². The summed E-state index contributed by atoms with van der Waals surface area (Å²) >= 11 is 0. The Bertz CT molecular complexity index is 962. The van der Waals surface area contributed by atoms with Gasteiger partial charge in [-0.2, -0.15) is 5.26 Å². The number of aryl methyl sites for hydroxylation is 2. The molecular weight excluding hydrogens is 443 g/mol. The van der Waals surface area contributed by atoms with Gasteiger partial charge >= 0.3 is 0 Å². The van der Waals surface area contributed by atoms with E-state index >= 15 is 0 Å². The topological polar surface area (TPSA) is 35.8 Å². The zero-order chi connectivity index (χ0) is 27.9. The molecule has 0 aromatic heterocycles. The van der Waals surface area contributed by atoms with Crippen LogP contribution in [0.25, 0.3) is 11.1 Å². The summed E-state index contributed by atoms with van der Waals surface area (Å²) in [4.78, 5) is 0.